The van der Waals surface area contributed by atoms with Gasteiger partial charge in [0.15, 0.2) is 11.5 Å². The number of carboxylic acid groups (broad SMARTS) is 1. The maximum Gasteiger partial charge on any atom is 0.358 e. The van der Waals surface area contributed by atoms with Gasteiger partial charge in [0.1, 0.15) is 0 Å². The Morgan fingerprint density at radius 1 is 1.24 bits per heavy atom. The second-order valence-corrected chi connectivity index (χ2v) is 5.38. The van der Waals surface area contributed by atoms with Gasteiger partial charge in [0.2, 0.25) is 0 Å². The Morgan fingerprint density at radius 3 is 2.57 bits per heavy atom. The number of hydrogen-bond acceptors (Lipinski definition) is 4. The highest BCUT2D eigenvalue weighted by Crippen LogP contribution is 2.21. The van der Waals surface area contributed by atoms with E-state index in [2.05, 4.69) is 22.2 Å². The average molecular weight is 286 g/mol. The van der Waals surface area contributed by atoms with Gasteiger partial charge in [-0.2, -0.15) is 0 Å². The molecule has 5 heteroatoms. The first-order valence-corrected chi connectivity index (χ1v) is 7.24. The number of carbonyl (C=O) groups is 1. The minimum absolute atomic E-state index is 0.0666. The molecule has 1 aromatic carbocycles. The van der Waals surface area contributed by atoms with E-state index in [4.69, 9.17) is 9.63 Å². The number of hydrogen-bond donors (Lipinski definition) is 1. The van der Waals surface area contributed by atoms with Crippen LogP contribution in [-0.2, 0) is 6.42 Å². The van der Waals surface area contributed by atoms with Crippen LogP contribution in [0.5, 0.6) is 0 Å². The summed E-state index contributed by atoms with van der Waals surface area (Å²) in [5.41, 5.74) is 2.06. The number of likely N-dealkylation sites (tertiary alicyclic amines) is 1. The van der Waals surface area contributed by atoms with Crippen LogP contribution in [0.15, 0.2) is 34.9 Å². The van der Waals surface area contributed by atoms with E-state index >= 15 is 0 Å². The Kier molecular flexibility index (Phi) is 4.01. The quantitative estimate of drug-likeness (QED) is 0.915. The van der Waals surface area contributed by atoms with Crippen molar-refractivity contribution in [1.29, 1.82) is 0 Å². The van der Waals surface area contributed by atoms with Gasteiger partial charge in [-0.3, -0.25) is 0 Å². The molecule has 0 atom stereocenters. The zero-order valence-electron chi connectivity index (χ0n) is 11.8. The summed E-state index contributed by atoms with van der Waals surface area (Å²) in [6.45, 7) is 3.53. The van der Waals surface area contributed by atoms with Gasteiger partial charge in [-0.1, -0.05) is 29.4 Å². The molecular weight excluding hydrogens is 268 g/mol. The van der Waals surface area contributed by atoms with Gasteiger partial charge in [0.25, 0.3) is 0 Å². The molecule has 0 bridgehead atoms. The molecule has 1 saturated heterocycles. The third-order valence-corrected chi connectivity index (χ3v) is 3.88. The van der Waals surface area contributed by atoms with Crippen molar-refractivity contribution in [3.05, 3.63) is 41.6 Å². The topological polar surface area (TPSA) is 66.6 Å². The minimum atomic E-state index is -1.08. The summed E-state index contributed by atoms with van der Waals surface area (Å²) in [5, 5.41) is 12.4. The molecule has 2 aromatic rings. The zero-order valence-corrected chi connectivity index (χ0v) is 11.8. The molecule has 1 fully saturated rings. The van der Waals surface area contributed by atoms with Gasteiger partial charge in [-0.25, -0.2) is 4.79 Å². The highest BCUT2D eigenvalue weighted by Gasteiger charge is 2.13. The number of carboxylic acids is 1. The predicted octanol–water partition coefficient (Wildman–Crippen LogP) is 2.68. The van der Waals surface area contributed by atoms with E-state index in [9.17, 15) is 4.79 Å². The first-order valence-electron chi connectivity index (χ1n) is 7.24. The summed E-state index contributed by atoms with van der Waals surface area (Å²) in [7, 11) is 0. The Bertz CT molecular complexity index is 613. The van der Waals surface area contributed by atoms with Gasteiger partial charge in [-0.05, 0) is 37.9 Å². The van der Waals surface area contributed by atoms with Crippen LogP contribution in [0.1, 0.15) is 28.9 Å². The molecule has 2 heterocycles. The SMILES string of the molecule is O=C(O)c1cc(-c2ccc(CCN3CCCC3)cc2)on1. The lowest BCUT2D eigenvalue weighted by atomic mass is 10.1. The molecule has 0 aliphatic carbocycles. The molecular formula is C16H18N2O3. The summed E-state index contributed by atoms with van der Waals surface area (Å²) >= 11 is 0. The van der Waals surface area contributed by atoms with E-state index in [0.29, 0.717) is 5.76 Å². The van der Waals surface area contributed by atoms with E-state index in [1.165, 1.54) is 37.6 Å². The third kappa shape index (κ3) is 3.31. The minimum Gasteiger partial charge on any atom is -0.476 e. The van der Waals surface area contributed by atoms with Gasteiger partial charge >= 0.3 is 5.97 Å². The monoisotopic (exact) mass is 286 g/mol. The van der Waals surface area contributed by atoms with Crippen molar-refractivity contribution >= 4 is 5.97 Å². The summed E-state index contributed by atoms with van der Waals surface area (Å²) in [6.07, 6.45) is 3.67. The van der Waals surface area contributed by atoms with Crippen molar-refractivity contribution in [2.75, 3.05) is 19.6 Å². The molecule has 110 valence electrons. The van der Waals surface area contributed by atoms with Crippen molar-refractivity contribution in [2.24, 2.45) is 0 Å². The number of rotatable bonds is 5. The van der Waals surface area contributed by atoms with E-state index in [1.54, 1.807) is 0 Å². The smallest absolute Gasteiger partial charge is 0.358 e. The van der Waals surface area contributed by atoms with Gasteiger partial charge in [0.05, 0.1) is 0 Å². The summed E-state index contributed by atoms with van der Waals surface area (Å²) in [4.78, 5) is 13.3. The largest absolute Gasteiger partial charge is 0.476 e. The van der Waals surface area contributed by atoms with E-state index in [-0.39, 0.29) is 5.69 Å². The lowest BCUT2D eigenvalue weighted by molar-refractivity contribution is 0.0686. The Morgan fingerprint density at radius 2 is 1.95 bits per heavy atom. The Labute approximate surface area is 123 Å². The number of aromatic nitrogens is 1. The molecule has 0 radical (unpaired) electrons. The van der Waals surface area contributed by atoms with Crippen LogP contribution in [0.25, 0.3) is 11.3 Å². The molecule has 1 aliphatic rings. The first kappa shape index (κ1) is 13.8. The van der Waals surface area contributed by atoms with E-state index < -0.39 is 5.97 Å². The van der Waals surface area contributed by atoms with E-state index in [0.717, 1.165) is 18.5 Å². The van der Waals surface area contributed by atoms with Gasteiger partial charge < -0.3 is 14.5 Å². The molecule has 1 N–H and O–H groups in total. The highest BCUT2D eigenvalue weighted by molar-refractivity contribution is 5.86. The fourth-order valence-corrected chi connectivity index (χ4v) is 2.64. The molecule has 0 spiro atoms. The lowest BCUT2D eigenvalue weighted by Crippen LogP contribution is -2.21. The van der Waals surface area contributed by atoms with Crippen molar-refractivity contribution < 1.29 is 14.4 Å². The van der Waals surface area contributed by atoms with Crippen LogP contribution >= 0.6 is 0 Å². The van der Waals surface area contributed by atoms with Crippen molar-refractivity contribution in [1.82, 2.24) is 10.1 Å². The summed E-state index contributed by atoms with van der Waals surface area (Å²) in [5.74, 6) is -0.592. The van der Waals surface area contributed by atoms with Crippen LogP contribution in [0, 0.1) is 0 Å². The second kappa shape index (κ2) is 6.10. The van der Waals surface area contributed by atoms with Crippen LogP contribution in [0.4, 0.5) is 0 Å². The van der Waals surface area contributed by atoms with Crippen LogP contribution < -0.4 is 0 Å². The van der Waals surface area contributed by atoms with Crippen LogP contribution in [0.3, 0.4) is 0 Å². The number of benzene rings is 1. The third-order valence-electron chi connectivity index (χ3n) is 3.88. The normalized spacial score (nSPS) is 15.4. The van der Waals surface area contributed by atoms with Gasteiger partial charge in [0, 0.05) is 18.2 Å². The van der Waals surface area contributed by atoms with Crippen LogP contribution in [0.2, 0.25) is 0 Å². The Hall–Kier alpha value is -2.14. The number of aromatic carboxylic acids is 1. The fraction of sp³-hybridized carbons (Fsp3) is 0.375. The molecule has 0 amide bonds. The summed E-state index contributed by atoms with van der Waals surface area (Å²) in [6, 6.07) is 9.47. The van der Waals surface area contributed by atoms with Gasteiger partial charge in [-0.15, -0.1) is 0 Å². The molecule has 5 nitrogen and oxygen atoms in total. The molecule has 1 aromatic heterocycles. The van der Waals surface area contributed by atoms with Crippen molar-refractivity contribution in [2.45, 2.75) is 19.3 Å². The van der Waals surface area contributed by atoms with Crippen molar-refractivity contribution in [3.8, 4) is 11.3 Å². The maximum absolute atomic E-state index is 10.8. The van der Waals surface area contributed by atoms with Crippen LogP contribution in [-0.4, -0.2) is 40.8 Å². The average Bonchev–Trinajstić information content (AvgIpc) is 3.17. The Balaban J connectivity index is 1.63. The molecule has 21 heavy (non-hydrogen) atoms. The maximum atomic E-state index is 10.8. The van der Waals surface area contributed by atoms with E-state index in [1.807, 2.05) is 12.1 Å². The zero-order chi connectivity index (χ0) is 14.7. The fourth-order valence-electron chi connectivity index (χ4n) is 2.64. The lowest BCUT2D eigenvalue weighted by Gasteiger charge is -2.14. The molecule has 3 rings (SSSR count). The standard InChI is InChI=1S/C16H18N2O3/c19-16(20)14-11-15(21-17-14)13-5-3-12(4-6-13)7-10-18-8-1-2-9-18/h3-6,11H,1-2,7-10H2,(H,19,20). The second-order valence-electron chi connectivity index (χ2n) is 5.38. The molecule has 0 saturated carbocycles. The predicted molar refractivity (Wildman–Crippen MR) is 78.3 cm³/mol. The summed E-state index contributed by atoms with van der Waals surface area (Å²) < 4.78 is 5.05. The molecule has 1 aliphatic heterocycles. The van der Waals surface area contributed by atoms with Crippen molar-refractivity contribution in [3.63, 3.8) is 0 Å². The first-order chi connectivity index (χ1) is 10.2. The highest BCUT2D eigenvalue weighted by atomic mass is 16.5. The number of nitrogens with zero attached hydrogens (tertiary/aromatic N) is 2. The molecule has 0 unspecified atom stereocenters.